The molecule has 0 fully saturated rings. The van der Waals surface area contributed by atoms with E-state index in [9.17, 15) is 13.2 Å². The number of nitrogens with two attached hydrogens (primary N) is 1. The van der Waals surface area contributed by atoms with Crippen molar-refractivity contribution in [2.75, 3.05) is 5.32 Å². The number of nitrogens with zero attached hydrogens (tertiary/aromatic N) is 1. The van der Waals surface area contributed by atoms with Gasteiger partial charge in [-0.1, -0.05) is 12.1 Å². The Morgan fingerprint density at radius 1 is 1.38 bits per heavy atom. The highest BCUT2D eigenvalue weighted by molar-refractivity contribution is 7.89. The monoisotopic (exact) mass is 327 g/mol. The first-order valence-electron chi connectivity index (χ1n) is 5.84. The maximum absolute atomic E-state index is 11.1. The third-order valence-corrected chi connectivity index (χ3v) is 4.61. The van der Waals surface area contributed by atoms with Crippen molar-refractivity contribution in [1.29, 1.82) is 0 Å². The Kier molecular flexibility index (Phi) is 4.26. The Bertz CT molecular complexity index is 766. The van der Waals surface area contributed by atoms with Crippen molar-refractivity contribution in [2.24, 2.45) is 5.14 Å². The zero-order chi connectivity index (χ0) is 15.6. The van der Waals surface area contributed by atoms with Crippen LogP contribution in [0.5, 0.6) is 0 Å². The average molecular weight is 327 g/mol. The molecule has 1 aromatic carbocycles. The van der Waals surface area contributed by atoms with E-state index in [0.717, 1.165) is 17.1 Å². The Hall–Kier alpha value is -1.97. The highest BCUT2D eigenvalue weighted by Gasteiger charge is 2.17. The average Bonchev–Trinajstić information content (AvgIpc) is 2.77. The fraction of sp³-hybridized carbons (Fsp3) is 0.167. The van der Waals surface area contributed by atoms with E-state index in [0.29, 0.717) is 17.2 Å². The molecule has 0 spiro atoms. The summed E-state index contributed by atoms with van der Waals surface area (Å²) in [7, 11) is -3.71. The number of carboxylic acids is 1. The highest BCUT2D eigenvalue weighted by Crippen LogP contribution is 2.25. The number of benzene rings is 1. The summed E-state index contributed by atoms with van der Waals surface area (Å²) in [4.78, 5) is 11.1. The van der Waals surface area contributed by atoms with Crippen molar-refractivity contribution in [3.8, 4) is 0 Å². The van der Waals surface area contributed by atoms with Crippen molar-refractivity contribution in [3.63, 3.8) is 0 Å². The molecule has 0 saturated carbocycles. The molecule has 0 radical (unpaired) electrons. The molecule has 1 heterocycles. The van der Waals surface area contributed by atoms with Gasteiger partial charge in [-0.3, -0.25) is 0 Å². The topological polar surface area (TPSA) is 122 Å². The molecule has 0 aliphatic rings. The molecule has 0 bridgehead atoms. The standard InChI is InChI=1S/C12H13N3O4S2/c1-7-10(12(16)17)11(20-15-7)14-6-8-2-4-9(5-3-8)21(13,18)19/h2-5,14H,6H2,1H3,(H,16,17)(H2,13,18,19). The van der Waals surface area contributed by atoms with Gasteiger partial charge in [-0.2, -0.15) is 4.37 Å². The first-order valence-corrected chi connectivity index (χ1v) is 8.16. The van der Waals surface area contributed by atoms with Gasteiger partial charge in [-0.05, 0) is 36.2 Å². The lowest BCUT2D eigenvalue weighted by Crippen LogP contribution is -2.12. The van der Waals surface area contributed by atoms with Crippen molar-refractivity contribution < 1.29 is 18.3 Å². The largest absolute Gasteiger partial charge is 0.478 e. The predicted molar refractivity (Wildman–Crippen MR) is 79.0 cm³/mol. The molecule has 0 aliphatic heterocycles. The van der Waals surface area contributed by atoms with Crippen LogP contribution in [0.15, 0.2) is 29.2 Å². The first kappa shape index (κ1) is 15.4. The molecule has 112 valence electrons. The number of aromatic carboxylic acids is 1. The fourth-order valence-corrected chi connectivity index (χ4v) is 3.02. The summed E-state index contributed by atoms with van der Waals surface area (Å²) in [5.74, 6) is -1.03. The third kappa shape index (κ3) is 3.57. The molecule has 0 unspecified atom stereocenters. The zero-order valence-corrected chi connectivity index (χ0v) is 12.7. The number of aromatic nitrogens is 1. The molecule has 0 amide bonds. The number of rotatable bonds is 5. The SMILES string of the molecule is Cc1nsc(NCc2ccc(S(N)(=O)=O)cc2)c1C(=O)O. The van der Waals surface area contributed by atoms with E-state index in [4.69, 9.17) is 10.2 Å². The maximum atomic E-state index is 11.1. The van der Waals surface area contributed by atoms with Crippen molar-refractivity contribution >= 4 is 32.5 Å². The lowest BCUT2D eigenvalue weighted by atomic mass is 10.2. The number of carbonyl (C=O) groups is 1. The van der Waals surface area contributed by atoms with Crippen LogP contribution in [0.3, 0.4) is 0 Å². The van der Waals surface area contributed by atoms with Crippen LogP contribution in [0.1, 0.15) is 21.6 Å². The van der Waals surface area contributed by atoms with E-state index in [1.807, 2.05) is 0 Å². The second-order valence-electron chi connectivity index (χ2n) is 4.32. The molecule has 4 N–H and O–H groups in total. The Morgan fingerprint density at radius 2 is 2.00 bits per heavy atom. The van der Waals surface area contributed by atoms with E-state index in [2.05, 4.69) is 9.69 Å². The molecule has 1 aromatic heterocycles. The maximum Gasteiger partial charge on any atom is 0.340 e. The van der Waals surface area contributed by atoms with Gasteiger partial charge in [-0.15, -0.1) is 0 Å². The Balaban J connectivity index is 2.12. The molecule has 2 rings (SSSR count). The molecule has 9 heteroatoms. The minimum atomic E-state index is -3.71. The molecule has 0 aliphatic carbocycles. The van der Waals surface area contributed by atoms with Crippen LogP contribution in [0.4, 0.5) is 5.00 Å². The molecule has 7 nitrogen and oxygen atoms in total. The summed E-state index contributed by atoms with van der Waals surface area (Å²) in [5.41, 5.74) is 1.41. The number of carboxylic acid groups (broad SMARTS) is 1. The van der Waals surface area contributed by atoms with Crippen molar-refractivity contribution in [1.82, 2.24) is 4.37 Å². The second-order valence-corrected chi connectivity index (χ2v) is 6.65. The van der Waals surface area contributed by atoms with Gasteiger partial charge >= 0.3 is 5.97 Å². The van der Waals surface area contributed by atoms with E-state index in [-0.39, 0.29) is 10.5 Å². The highest BCUT2D eigenvalue weighted by atomic mass is 32.2. The summed E-state index contributed by atoms with van der Waals surface area (Å²) >= 11 is 1.07. The van der Waals surface area contributed by atoms with E-state index >= 15 is 0 Å². The van der Waals surface area contributed by atoms with Gasteiger partial charge < -0.3 is 10.4 Å². The van der Waals surface area contributed by atoms with E-state index in [1.54, 1.807) is 19.1 Å². The molecule has 2 aromatic rings. The van der Waals surface area contributed by atoms with Crippen LogP contribution < -0.4 is 10.5 Å². The number of hydrogen-bond donors (Lipinski definition) is 3. The zero-order valence-electron chi connectivity index (χ0n) is 11.0. The first-order chi connectivity index (χ1) is 9.79. The Labute approximate surface area is 125 Å². The van der Waals surface area contributed by atoms with Crippen LogP contribution >= 0.6 is 11.5 Å². The van der Waals surface area contributed by atoms with Gasteiger partial charge in [0.2, 0.25) is 10.0 Å². The lowest BCUT2D eigenvalue weighted by molar-refractivity contribution is 0.0697. The summed E-state index contributed by atoms with van der Waals surface area (Å²) in [5, 5.41) is 17.6. The van der Waals surface area contributed by atoms with Crippen LogP contribution in [0, 0.1) is 6.92 Å². The summed E-state index contributed by atoms with van der Waals surface area (Å²) in [6.07, 6.45) is 0. The number of anilines is 1. The number of hydrogen-bond acceptors (Lipinski definition) is 6. The summed E-state index contributed by atoms with van der Waals surface area (Å²) in [6, 6.07) is 6.03. The number of sulfonamides is 1. The Morgan fingerprint density at radius 3 is 2.52 bits per heavy atom. The second kappa shape index (κ2) is 5.80. The van der Waals surface area contributed by atoms with Crippen LogP contribution in [-0.2, 0) is 16.6 Å². The van der Waals surface area contributed by atoms with Crippen molar-refractivity contribution in [2.45, 2.75) is 18.4 Å². The minimum absolute atomic E-state index is 0.0334. The minimum Gasteiger partial charge on any atom is -0.478 e. The predicted octanol–water partition coefficient (Wildman–Crippen LogP) is 1.41. The van der Waals surface area contributed by atoms with Gasteiger partial charge in [0.15, 0.2) is 0 Å². The van der Waals surface area contributed by atoms with Crippen LogP contribution in [0.25, 0.3) is 0 Å². The number of nitrogens with one attached hydrogen (secondary N) is 1. The lowest BCUT2D eigenvalue weighted by Gasteiger charge is -2.06. The molecular weight excluding hydrogens is 314 g/mol. The van der Waals surface area contributed by atoms with E-state index < -0.39 is 16.0 Å². The van der Waals surface area contributed by atoms with Crippen LogP contribution in [-0.4, -0.2) is 23.9 Å². The fourth-order valence-electron chi connectivity index (χ4n) is 1.72. The molecule has 21 heavy (non-hydrogen) atoms. The summed E-state index contributed by atoms with van der Waals surface area (Å²) < 4.78 is 26.3. The van der Waals surface area contributed by atoms with Gasteiger partial charge in [-0.25, -0.2) is 18.4 Å². The van der Waals surface area contributed by atoms with Gasteiger partial charge in [0.25, 0.3) is 0 Å². The third-order valence-electron chi connectivity index (χ3n) is 2.78. The summed E-state index contributed by atoms with van der Waals surface area (Å²) in [6.45, 7) is 1.98. The van der Waals surface area contributed by atoms with Gasteiger partial charge in [0, 0.05) is 6.54 Å². The molecular formula is C12H13N3O4S2. The quantitative estimate of drug-likeness (QED) is 0.763. The van der Waals surface area contributed by atoms with Gasteiger partial charge in [0.05, 0.1) is 10.6 Å². The van der Waals surface area contributed by atoms with E-state index in [1.165, 1.54) is 12.1 Å². The smallest absolute Gasteiger partial charge is 0.340 e. The van der Waals surface area contributed by atoms with Crippen molar-refractivity contribution in [3.05, 3.63) is 41.1 Å². The number of aryl methyl sites for hydroxylation is 1. The molecule has 0 atom stereocenters. The van der Waals surface area contributed by atoms with Gasteiger partial charge in [0.1, 0.15) is 10.6 Å². The normalized spacial score (nSPS) is 11.3. The number of primary sulfonamides is 1. The van der Waals surface area contributed by atoms with Crippen LogP contribution in [0.2, 0.25) is 0 Å². The molecule has 0 saturated heterocycles.